The number of hydrogen-bond donors (Lipinski definition) is 3. The fourth-order valence-corrected chi connectivity index (χ4v) is 2.17. The van der Waals surface area contributed by atoms with Gasteiger partial charge in [-0.05, 0) is 32.2 Å². The molecule has 0 aromatic carbocycles. The van der Waals surface area contributed by atoms with E-state index in [2.05, 4.69) is 22.9 Å². The Morgan fingerprint density at radius 1 is 1.47 bits per heavy atom. The molecule has 3 N–H and O–H groups in total. The molecular weight excluding hydrogens is 218 g/mol. The summed E-state index contributed by atoms with van der Waals surface area (Å²) in [4.78, 5) is 23.0. The van der Waals surface area contributed by atoms with Crippen LogP contribution in [0.15, 0.2) is 0 Å². The zero-order chi connectivity index (χ0) is 12.8. The van der Waals surface area contributed by atoms with Crippen LogP contribution in [-0.2, 0) is 9.59 Å². The molecule has 0 bridgehead atoms. The number of amides is 2. The summed E-state index contributed by atoms with van der Waals surface area (Å²) >= 11 is 0. The second kappa shape index (κ2) is 6.59. The van der Waals surface area contributed by atoms with Crippen molar-refractivity contribution in [1.82, 2.24) is 16.0 Å². The van der Waals surface area contributed by atoms with E-state index in [0.29, 0.717) is 12.3 Å². The van der Waals surface area contributed by atoms with E-state index in [1.807, 2.05) is 0 Å². The van der Waals surface area contributed by atoms with E-state index >= 15 is 0 Å². The van der Waals surface area contributed by atoms with Crippen molar-refractivity contribution in [3.8, 4) is 0 Å². The molecule has 0 aliphatic carbocycles. The third kappa shape index (κ3) is 4.34. The Hall–Kier alpha value is -1.10. The van der Waals surface area contributed by atoms with Gasteiger partial charge in [0.1, 0.15) is 6.04 Å². The van der Waals surface area contributed by atoms with Crippen molar-refractivity contribution in [1.29, 1.82) is 0 Å². The average Bonchev–Trinajstić information content (AvgIpc) is 2.31. The Labute approximate surface area is 103 Å². The highest BCUT2D eigenvalue weighted by molar-refractivity contribution is 5.87. The lowest BCUT2D eigenvalue weighted by atomic mass is 9.90. The predicted molar refractivity (Wildman–Crippen MR) is 66.5 cm³/mol. The lowest BCUT2D eigenvalue weighted by molar-refractivity contribution is -0.128. The van der Waals surface area contributed by atoms with Crippen LogP contribution < -0.4 is 16.0 Å². The zero-order valence-electron chi connectivity index (χ0n) is 10.9. The van der Waals surface area contributed by atoms with Crippen LogP contribution >= 0.6 is 0 Å². The van der Waals surface area contributed by atoms with Crippen molar-refractivity contribution < 1.29 is 9.59 Å². The summed E-state index contributed by atoms with van der Waals surface area (Å²) in [6.07, 6.45) is 2.78. The van der Waals surface area contributed by atoms with Gasteiger partial charge in [-0.15, -0.1) is 0 Å². The normalized spacial score (nSPS) is 26.1. The van der Waals surface area contributed by atoms with Crippen LogP contribution in [0.25, 0.3) is 0 Å². The topological polar surface area (TPSA) is 70.2 Å². The van der Waals surface area contributed by atoms with Crippen LogP contribution in [0.1, 0.15) is 33.1 Å². The minimum Gasteiger partial charge on any atom is -0.357 e. The molecule has 1 rings (SSSR count). The molecule has 2 amide bonds. The Bertz CT molecular complexity index is 281. The molecule has 3 unspecified atom stereocenters. The number of nitrogens with one attached hydrogen (secondary N) is 3. The molecule has 3 atom stereocenters. The lowest BCUT2D eigenvalue weighted by Crippen LogP contribution is -2.48. The summed E-state index contributed by atoms with van der Waals surface area (Å²) in [5.74, 6) is 0.292. The van der Waals surface area contributed by atoms with Gasteiger partial charge in [0.05, 0.1) is 0 Å². The first-order valence-corrected chi connectivity index (χ1v) is 6.29. The van der Waals surface area contributed by atoms with Gasteiger partial charge in [0.25, 0.3) is 0 Å². The smallest absolute Gasteiger partial charge is 0.242 e. The SMILES string of the molecule is CNC(=O)C(C)NC(=O)CC1NCCCC1C. The highest BCUT2D eigenvalue weighted by atomic mass is 16.2. The first-order valence-electron chi connectivity index (χ1n) is 6.29. The Morgan fingerprint density at radius 3 is 2.76 bits per heavy atom. The maximum atomic E-state index is 11.8. The van der Waals surface area contributed by atoms with Gasteiger partial charge < -0.3 is 16.0 Å². The predicted octanol–water partition coefficient (Wildman–Crippen LogP) is 0.0153. The molecule has 0 aromatic rings. The van der Waals surface area contributed by atoms with Crippen LogP contribution in [-0.4, -0.2) is 37.5 Å². The Morgan fingerprint density at radius 2 is 2.18 bits per heavy atom. The first-order chi connectivity index (χ1) is 8.04. The molecule has 1 aliphatic heterocycles. The number of carbonyl (C=O) groups excluding carboxylic acids is 2. The van der Waals surface area contributed by atoms with Crippen molar-refractivity contribution in [3.05, 3.63) is 0 Å². The number of piperidine rings is 1. The quantitative estimate of drug-likeness (QED) is 0.649. The summed E-state index contributed by atoms with van der Waals surface area (Å²) in [7, 11) is 1.57. The molecular formula is C12H23N3O2. The highest BCUT2D eigenvalue weighted by Gasteiger charge is 2.24. The van der Waals surface area contributed by atoms with Gasteiger partial charge in [0, 0.05) is 19.5 Å². The lowest BCUT2D eigenvalue weighted by Gasteiger charge is -2.29. The van der Waals surface area contributed by atoms with Gasteiger partial charge in [0.2, 0.25) is 11.8 Å². The molecule has 1 saturated heterocycles. The largest absolute Gasteiger partial charge is 0.357 e. The van der Waals surface area contributed by atoms with Crippen LogP contribution in [0.2, 0.25) is 0 Å². The summed E-state index contributed by atoms with van der Waals surface area (Å²) in [6.45, 7) is 4.83. The van der Waals surface area contributed by atoms with E-state index in [0.717, 1.165) is 13.0 Å². The van der Waals surface area contributed by atoms with E-state index < -0.39 is 6.04 Å². The third-order valence-corrected chi connectivity index (χ3v) is 3.35. The van der Waals surface area contributed by atoms with Crippen LogP contribution in [0.3, 0.4) is 0 Å². The summed E-state index contributed by atoms with van der Waals surface area (Å²) < 4.78 is 0. The second-order valence-corrected chi connectivity index (χ2v) is 4.79. The maximum Gasteiger partial charge on any atom is 0.242 e. The van der Waals surface area contributed by atoms with Gasteiger partial charge in [-0.2, -0.15) is 0 Å². The van der Waals surface area contributed by atoms with Crippen molar-refractivity contribution in [2.45, 2.75) is 45.2 Å². The Balaban J connectivity index is 2.35. The minimum atomic E-state index is -0.466. The molecule has 5 nitrogen and oxygen atoms in total. The van der Waals surface area contributed by atoms with Crippen LogP contribution in [0, 0.1) is 5.92 Å². The van der Waals surface area contributed by atoms with E-state index in [9.17, 15) is 9.59 Å². The van der Waals surface area contributed by atoms with E-state index in [-0.39, 0.29) is 17.9 Å². The monoisotopic (exact) mass is 241 g/mol. The zero-order valence-corrected chi connectivity index (χ0v) is 10.9. The standard InChI is InChI=1S/C12H23N3O2/c1-8-5-4-6-14-10(8)7-11(16)15-9(2)12(17)13-3/h8-10,14H,4-7H2,1-3H3,(H,13,17)(H,15,16). The van der Waals surface area contributed by atoms with Gasteiger partial charge >= 0.3 is 0 Å². The maximum absolute atomic E-state index is 11.8. The van der Waals surface area contributed by atoms with Gasteiger partial charge in [-0.3, -0.25) is 9.59 Å². The highest BCUT2D eigenvalue weighted by Crippen LogP contribution is 2.17. The molecule has 1 fully saturated rings. The summed E-state index contributed by atoms with van der Waals surface area (Å²) in [5.41, 5.74) is 0. The average molecular weight is 241 g/mol. The molecule has 1 aliphatic rings. The third-order valence-electron chi connectivity index (χ3n) is 3.35. The van der Waals surface area contributed by atoms with Gasteiger partial charge in [0.15, 0.2) is 0 Å². The molecule has 17 heavy (non-hydrogen) atoms. The first kappa shape index (κ1) is 14.0. The molecule has 1 heterocycles. The van der Waals surface area contributed by atoms with Gasteiger partial charge in [-0.1, -0.05) is 6.92 Å². The number of rotatable bonds is 4. The fraction of sp³-hybridized carbons (Fsp3) is 0.833. The van der Waals surface area contributed by atoms with Crippen molar-refractivity contribution in [2.75, 3.05) is 13.6 Å². The van der Waals surface area contributed by atoms with Crippen molar-refractivity contribution in [3.63, 3.8) is 0 Å². The summed E-state index contributed by atoms with van der Waals surface area (Å²) in [5, 5.41) is 8.58. The van der Waals surface area contributed by atoms with E-state index in [4.69, 9.17) is 0 Å². The fourth-order valence-electron chi connectivity index (χ4n) is 2.17. The van der Waals surface area contributed by atoms with Gasteiger partial charge in [-0.25, -0.2) is 0 Å². The molecule has 0 spiro atoms. The molecule has 0 saturated carbocycles. The summed E-state index contributed by atoms with van der Waals surface area (Å²) in [6, 6.07) is -0.230. The van der Waals surface area contributed by atoms with E-state index in [1.54, 1.807) is 14.0 Å². The van der Waals surface area contributed by atoms with Crippen LogP contribution in [0.5, 0.6) is 0 Å². The van der Waals surface area contributed by atoms with Crippen molar-refractivity contribution >= 4 is 11.8 Å². The minimum absolute atomic E-state index is 0.0626. The molecule has 0 radical (unpaired) electrons. The van der Waals surface area contributed by atoms with Crippen molar-refractivity contribution in [2.24, 2.45) is 5.92 Å². The molecule has 5 heteroatoms. The Kier molecular flexibility index (Phi) is 5.41. The van der Waals surface area contributed by atoms with E-state index in [1.165, 1.54) is 6.42 Å². The number of likely N-dealkylation sites (N-methyl/N-ethyl adjacent to an activating group) is 1. The second-order valence-electron chi connectivity index (χ2n) is 4.79. The van der Waals surface area contributed by atoms with Crippen LogP contribution in [0.4, 0.5) is 0 Å². The number of hydrogen-bond acceptors (Lipinski definition) is 3. The molecule has 0 aromatic heterocycles. The molecule has 98 valence electrons. The number of carbonyl (C=O) groups is 2.